The molecular formula is C62H85F2N11O21. The number of aliphatic hydroxyl groups is 9. The summed E-state index contributed by atoms with van der Waals surface area (Å²) in [6.45, 7) is 4.59. The number of rotatable bonds is 24. The standard InChI is InChI=1S/C62H85F2N11O21/c1-5-9-41(59(89)73-16-8-17-73)91-56-46(68-30(4)79)60(94-45(27-77)51(56)83)93-43-23-33(20-37(67-29(3)78)55(43)96-62-54(86)53(85)48(80)28(2)90-62)57(87)65-14-15-66-58(88)34-21-40(74-24-38(69-71-74)31-10-6-12-35(63)18-31)49(81)42(22-34)92-61-52(84)47(50(82)44(26-76)95-61)75-25-39(70-72-75)32-11-7-13-36(64)19-32/h6-7,10-13,18-19,24-25,28,33-34,37,40-56,60-62,76-77,80-86H,5,8-9,14-17,20-23,26-27H2,1-4H3,(H,65,87)(H,66,88)(H,67,78)(H,68,79)/t28?,33?,34?,37?,40?,41-,42+,43+,44?,45?,46?,47?,48+,49?,50-,51-,52?,53?,54?,55?,56?,60+,61+,62-/m0/s1. The molecule has 4 saturated heterocycles. The first-order chi connectivity index (χ1) is 45.9. The molecule has 6 aliphatic rings. The van der Waals surface area contributed by atoms with Crippen molar-refractivity contribution in [1.82, 2.24) is 56.2 Å². The summed E-state index contributed by atoms with van der Waals surface area (Å²) in [5.41, 5.74) is 1.07. The number of aromatic nitrogens is 6. The smallest absolute Gasteiger partial charge is 0.251 e. The van der Waals surface area contributed by atoms with Crippen molar-refractivity contribution in [1.29, 1.82) is 0 Å². The van der Waals surface area contributed by atoms with E-state index in [-0.39, 0.29) is 62.5 Å². The van der Waals surface area contributed by atoms with Gasteiger partial charge in [0.05, 0.1) is 56.0 Å². The van der Waals surface area contributed by atoms with Gasteiger partial charge in [-0.05, 0) is 69.7 Å². The summed E-state index contributed by atoms with van der Waals surface area (Å²) in [5.74, 6) is -6.05. The molecule has 4 aliphatic heterocycles. The number of likely N-dealkylation sites (tertiary alicyclic amines) is 1. The van der Waals surface area contributed by atoms with Gasteiger partial charge in [-0.25, -0.2) is 18.1 Å². The number of nitrogens with one attached hydrogen (secondary N) is 4. The highest BCUT2D eigenvalue weighted by Gasteiger charge is 2.55. The van der Waals surface area contributed by atoms with E-state index >= 15 is 0 Å². The number of ether oxygens (including phenoxy) is 7. The Balaban J connectivity index is 0.869. The molecule has 6 heterocycles. The molecule has 2 saturated carbocycles. The third-order valence-corrected chi connectivity index (χ3v) is 18.5. The van der Waals surface area contributed by atoms with Crippen LogP contribution in [0.15, 0.2) is 60.9 Å². The minimum Gasteiger partial charge on any atom is -0.394 e. The summed E-state index contributed by atoms with van der Waals surface area (Å²) in [6, 6.07) is 5.94. The Morgan fingerprint density at radius 3 is 1.78 bits per heavy atom. The van der Waals surface area contributed by atoms with Crippen molar-refractivity contribution < 1.29 is 112 Å². The first-order valence-corrected chi connectivity index (χ1v) is 32.3. The molecule has 32 nitrogen and oxygen atoms in total. The second kappa shape index (κ2) is 31.9. The van der Waals surface area contributed by atoms with Crippen LogP contribution in [-0.2, 0) is 57.1 Å². The van der Waals surface area contributed by atoms with Gasteiger partial charge in [0.2, 0.25) is 23.6 Å². The van der Waals surface area contributed by atoms with Gasteiger partial charge in [0, 0.05) is 63.0 Å². The molecule has 5 amide bonds. The van der Waals surface area contributed by atoms with Crippen molar-refractivity contribution in [2.24, 2.45) is 11.8 Å². The number of benzene rings is 2. The summed E-state index contributed by atoms with van der Waals surface area (Å²) in [4.78, 5) is 70.4. The van der Waals surface area contributed by atoms with E-state index in [1.165, 1.54) is 74.2 Å². The minimum absolute atomic E-state index is 0.102. The van der Waals surface area contributed by atoms with E-state index in [9.17, 15) is 78.7 Å². The lowest BCUT2D eigenvalue weighted by molar-refractivity contribution is -0.335. The van der Waals surface area contributed by atoms with E-state index in [0.717, 1.165) is 11.1 Å². The Morgan fingerprint density at radius 1 is 0.635 bits per heavy atom. The van der Waals surface area contributed by atoms with E-state index in [4.69, 9.17) is 33.2 Å². The monoisotopic (exact) mass is 1360 g/mol. The van der Waals surface area contributed by atoms with Crippen LogP contribution >= 0.6 is 0 Å². The number of nitrogens with zero attached hydrogens (tertiary/aromatic N) is 7. The van der Waals surface area contributed by atoms with Crippen molar-refractivity contribution >= 4 is 29.5 Å². The Morgan fingerprint density at radius 2 is 1.20 bits per heavy atom. The molecule has 0 radical (unpaired) electrons. The maximum Gasteiger partial charge on any atom is 0.251 e. The first kappa shape index (κ1) is 72.0. The second-order valence-electron chi connectivity index (χ2n) is 25.3. The Hall–Kier alpha value is -6.71. The third-order valence-electron chi connectivity index (χ3n) is 18.5. The number of hydrogen-bond donors (Lipinski definition) is 13. The molecule has 528 valence electrons. The number of amides is 5. The van der Waals surface area contributed by atoms with Crippen LogP contribution in [0.5, 0.6) is 0 Å². The Labute approximate surface area is 549 Å². The molecule has 0 spiro atoms. The molecule has 96 heavy (non-hydrogen) atoms. The van der Waals surface area contributed by atoms with Crippen molar-refractivity contribution in [2.75, 3.05) is 39.4 Å². The SMILES string of the molecule is CCC[C@H](OC1C(NC(C)=O)[C@H](O[C@@H]2CC(C(=O)NCCNC(=O)C3CC(n4cc(-c5cccc(F)c5)nn4)C(O)[C@H](O[C@@H]4OC(CO)[C@H](O)C(n5cc(-c6cccc(F)c6)nn5)C4O)C3)CC(NC(C)=O)C2O[C@@H]2OC(C)[C@@H](O)C(O)C2O)OC(CO)[C@@H]1O)C(=O)N1CCC1. The maximum absolute atomic E-state index is 14.6. The number of hydrogen-bond acceptors (Lipinski definition) is 25. The topological polar surface area (TPSA) is 445 Å². The van der Waals surface area contributed by atoms with Gasteiger partial charge in [-0.1, -0.05) is 48.0 Å². The summed E-state index contributed by atoms with van der Waals surface area (Å²) >= 11 is 0. The first-order valence-electron chi connectivity index (χ1n) is 32.3. The van der Waals surface area contributed by atoms with Gasteiger partial charge in [-0.15, -0.1) is 10.2 Å². The molecular weight excluding hydrogens is 1270 g/mol. The van der Waals surface area contributed by atoms with Gasteiger partial charge >= 0.3 is 0 Å². The van der Waals surface area contributed by atoms with Crippen molar-refractivity contribution in [3.63, 3.8) is 0 Å². The molecule has 6 fully saturated rings. The number of carbonyl (C=O) groups is 5. The molecule has 2 aromatic carbocycles. The molecule has 4 aromatic rings. The molecule has 34 heteroatoms. The molecule has 24 atom stereocenters. The van der Waals surface area contributed by atoms with Gasteiger partial charge in [-0.2, -0.15) is 0 Å². The number of aliphatic hydroxyl groups excluding tert-OH is 9. The van der Waals surface area contributed by atoms with Gasteiger partial charge in [0.1, 0.15) is 108 Å². The second-order valence-corrected chi connectivity index (χ2v) is 25.3. The fraction of sp³-hybridized carbons (Fsp3) is 0.661. The molecule has 0 bridgehead atoms. The number of halogens is 2. The average Bonchev–Trinajstić information content (AvgIpc) is 1.13. The number of carbonyl (C=O) groups excluding carboxylic acids is 5. The quantitative estimate of drug-likeness (QED) is 0.0310. The van der Waals surface area contributed by atoms with Crippen molar-refractivity contribution in [3.8, 4) is 22.5 Å². The summed E-state index contributed by atoms with van der Waals surface area (Å²) in [7, 11) is 0. The fourth-order valence-corrected chi connectivity index (χ4v) is 13.3. The van der Waals surface area contributed by atoms with Crippen LogP contribution in [0.1, 0.15) is 84.7 Å². The molecule has 15 unspecified atom stereocenters. The zero-order valence-corrected chi connectivity index (χ0v) is 53.1. The van der Waals surface area contributed by atoms with E-state index in [0.29, 0.717) is 30.6 Å². The summed E-state index contributed by atoms with van der Waals surface area (Å²) < 4.78 is 74.8. The highest BCUT2D eigenvalue weighted by molar-refractivity contribution is 5.82. The molecule has 2 aliphatic carbocycles. The zero-order valence-electron chi connectivity index (χ0n) is 53.1. The molecule has 13 N–H and O–H groups in total. The Kier molecular flexibility index (Phi) is 23.9. The fourth-order valence-electron chi connectivity index (χ4n) is 13.3. The van der Waals surface area contributed by atoms with Crippen LogP contribution in [0.4, 0.5) is 8.78 Å². The van der Waals surface area contributed by atoms with Crippen LogP contribution in [0, 0.1) is 23.5 Å². The lowest BCUT2D eigenvalue weighted by Gasteiger charge is -2.49. The van der Waals surface area contributed by atoms with Gasteiger partial charge < -0.3 is 105 Å². The predicted octanol–water partition coefficient (Wildman–Crippen LogP) is -3.03. The van der Waals surface area contributed by atoms with Crippen LogP contribution in [0.25, 0.3) is 22.5 Å². The summed E-state index contributed by atoms with van der Waals surface area (Å²) in [6.07, 6.45) is -23.9. The molecule has 2 aromatic heterocycles. The highest BCUT2D eigenvalue weighted by atomic mass is 19.1. The van der Waals surface area contributed by atoms with Crippen LogP contribution in [-0.4, -0.2) is 272 Å². The minimum atomic E-state index is -1.86. The Bertz CT molecular complexity index is 3300. The van der Waals surface area contributed by atoms with E-state index < -0.39 is 195 Å². The van der Waals surface area contributed by atoms with Gasteiger partial charge in [0.15, 0.2) is 18.9 Å². The highest BCUT2D eigenvalue weighted by Crippen LogP contribution is 2.41. The summed E-state index contributed by atoms with van der Waals surface area (Å²) in [5, 5.41) is 129. The largest absolute Gasteiger partial charge is 0.394 e. The van der Waals surface area contributed by atoms with Gasteiger partial charge in [0.25, 0.3) is 5.91 Å². The van der Waals surface area contributed by atoms with Gasteiger partial charge in [-0.3, -0.25) is 24.0 Å². The van der Waals surface area contributed by atoms with E-state index in [1.807, 2.05) is 6.92 Å². The predicted molar refractivity (Wildman–Crippen MR) is 323 cm³/mol. The van der Waals surface area contributed by atoms with Crippen LogP contribution < -0.4 is 21.3 Å². The van der Waals surface area contributed by atoms with Crippen LogP contribution in [0.3, 0.4) is 0 Å². The third kappa shape index (κ3) is 16.4. The van der Waals surface area contributed by atoms with Crippen molar-refractivity contribution in [3.05, 3.63) is 72.6 Å². The normalized spacial score (nSPS) is 35.1. The maximum atomic E-state index is 14.6. The van der Waals surface area contributed by atoms with E-state index in [1.54, 1.807) is 17.0 Å². The zero-order chi connectivity index (χ0) is 68.8. The van der Waals surface area contributed by atoms with E-state index in [2.05, 4.69) is 41.9 Å². The van der Waals surface area contributed by atoms with Crippen LogP contribution in [0.2, 0.25) is 0 Å². The van der Waals surface area contributed by atoms with Crippen molar-refractivity contribution in [2.45, 2.75) is 207 Å². The average molecular weight is 1360 g/mol. The lowest BCUT2D eigenvalue weighted by atomic mass is 9.80. The lowest BCUT2D eigenvalue weighted by Crippen LogP contribution is -2.68. The molecule has 10 rings (SSSR count).